The number of methoxy groups -OCH3 is 3. The number of hydrogen-bond acceptors (Lipinski definition) is 9. The second-order valence-corrected chi connectivity index (χ2v) is 6.69. The van der Waals surface area contributed by atoms with E-state index in [0.29, 0.717) is 5.56 Å². The van der Waals surface area contributed by atoms with Crippen molar-refractivity contribution >= 4 is 17.6 Å². The average Bonchev–Trinajstić information content (AvgIpc) is 2.82. The molecule has 0 saturated carbocycles. The van der Waals surface area contributed by atoms with Crippen molar-refractivity contribution in [3.8, 4) is 17.6 Å². The number of nitrogens with zero attached hydrogens (tertiary/aromatic N) is 2. The van der Waals surface area contributed by atoms with Gasteiger partial charge in [0.2, 0.25) is 0 Å². The summed E-state index contributed by atoms with van der Waals surface area (Å²) in [6, 6.07) is 15.0. The minimum Gasteiger partial charge on any atom is -0.504 e. The van der Waals surface area contributed by atoms with Crippen molar-refractivity contribution in [1.82, 2.24) is 0 Å². The number of nitrogens with two attached hydrogens (primary N) is 1. The van der Waals surface area contributed by atoms with E-state index >= 15 is 0 Å². The summed E-state index contributed by atoms with van der Waals surface area (Å²) in [5.74, 6) is -2.81. The Morgan fingerprint density at radius 3 is 2.25 bits per heavy atom. The molecule has 0 saturated heterocycles. The first-order valence-electron chi connectivity index (χ1n) is 9.42. The Morgan fingerprint density at radius 1 is 1.06 bits per heavy atom. The standard InChI is InChI=1S/C23H21N3O6/c1-30-17-10-9-14(11-16(17)27)26-20(23(29)32-3)19(22(28)31-2)18(15(12-24)21(26)25)13-7-5-4-6-8-13/h4-11,18,27H,25H2,1-3H3. The summed E-state index contributed by atoms with van der Waals surface area (Å²) >= 11 is 0. The molecule has 1 heterocycles. The van der Waals surface area contributed by atoms with Crippen molar-refractivity contribution in [2.75, 3.05) is 26.2 Å². The molecule has 0 amide bonds. The van der Waals surface area contributed by atoms with Gasteiger partial charge in [-0.15, -0.1) is 0 Å². The summed E-state index contributed by atoms with van der Waals surface area (Å²) in [6.07, 6.45) is 0. The number of nitriles is 1. The lowest BCUT2D eigenvalue weighted by Crippen LogP contribution is -2.40. The van der Waals surface area contributed by atoms with E-state index in [1.165, 1.54) is 37.3 Å². The van der Waals surface area contributed by atoms with Crippen LogP contribution in [0.4, 0.5) is 5.69 Å². The Balaban J connectivity index is 2.39. The van der Waals surface area contributed by atoms with Gasteiger partial charge < -0.3 is 25.1 Å². The van der Waals surface area contributed by atoms with Crippen LogP contribution in [0.25, 0.3) is 0 Å². The molecule has 0 aliphatic carbocycles. The van der Waals surface area contributed by atoms with Gasteiger partial charge in [-0.2, -0.15) is 5.26 Å². The van der Waals surface area contributed by atoms with Gasteiger partial charge >= 0.3 is 11.9 Å². The normalized spacial score (nSPS) is 15.8. The monoisotopic (exact) mass is 435 g/mol. The van der Waals surface area contributed by atoms with Crippen LogP contribution in [-0.4, -0.2) is 38.4 Å². The van der Waals surface area contributed by atoms with Crippen molar-refractivity contribution in [2.24, 2.45) is 5.73 Å². The number of aromatic hydroxyl groups is 1. The predicted molar refractivity (Wildman–Crippen MR) is 114 cm³/mol. The van der Waals surface area contributed by atoms with E-state index in [4.69, 9.17) is 19.9 Å². The number of esters is 2. The molecule has 0 bridgehead atoms. The molecule has 9 nitrogen and oxygen atoms in total. The summed E-state index contributed by atoms with van der Waals surface area (Å²) in [5.41, 5.74) is 6.83. The highest BCUT2D eigenvalue weighted by Gasteiger charge is 2.43. The molecule has 164 valence electrons. The lowest BCUT2D eigenvalue weighted by Gasteiger charge is -2.35. The van der Waals surface area contributed by atoms with Gasteiger partial charge in [-0.25, -0.2) is 9.59 Å². The van der Waals surface area contributed by atoms with Gasteiger partial charge in [-0.1, -0.05) is 30.3 Å². The van der Waals surface area contributed by atoms with Crippen LogP contribution < -0.4 is 15.4 Å². The molecule has 1 unspecified atom stereocenters. The predicted octanol–water partition coefficient (Wildman–Crippen LogP) is 2.30. The third kappa shape index (κ3) is 3.70. The van der Waals surface area contributed by atoms with Crippen LogP contribution in [-0.2, 0) is 19.1 Å². The Hall–Kier alpha value is -4.45. The van der Waals surface area contributed by atoms with Gasteiger partial charge in [0, 0.05) is 6.07 Å². The van der Waals surface area contributed by atoms with Gasteiger partial charge in [0.15, 0.2) is 11.5 Å². The highest BCUT2D eigenvalue weighted by Crippen LogP contribution is 2.44. The third-order valence-corrected chi connectivity index (χ3v) is 5.03. The summed E-state index contributed by atoms with van der Waals surface area (Å²) in [4.78, 5) is 27.1. The summed E-state index contributed by atoms with van der Waals surface area (Å²) in [5, 5.41) is 20.2. The first-order valence-corrected chi connectivity index (χ1v) is 9.42. The third-order valence-electron chi connectivity index (χ3n) is 5.03. The number of carbonyl (C=O) groups is 2. The minimum absolute atomic E-state index is 0.0274. The van der Waals surface area contributed by atoms with Gasteiger partial charge in [0.25, 0.3) is 0 Å². The number of ether oxygens (including phenoxy) is 3. The first kappa shape index (κ1) is 22.2. The zero-order valence-electron chi connectivity index (χ0n) is 17.7. The maximum atomic E-state index is 12.9. The highest BCUT2D eigenvalue weighted by atomic mass is 16.5. The number of phenols is 1. The highest BCUT2D eigenvalue weighted by molar-refractivity contribution is 6.06. The minimum atomic E-state index is -0.967. The Bertz CT molecular complexity index is 1160. The Kier molecular flexibility index (Phi) is 6.35. The molecule has 2 aromatic carbocycles. The summed E-state index contributed by atoms with van der Waals surface area (Å²) < 4.78 is 15.0. The molecule has 0 spiro atoms. The Labute approximate surface area is 184 Å². The average molecular weight is 435 g/mol. The van der Waals surface area contributed by atoms with E-state index in [9.17, 15) is 20.0 Å². The van der Waals surface area contributed by atoms with Crippen LogP contribution in [0, 0.1) is 11.3 Å². The molecule has 0 aromatic heterocycles. The second kappa shape index (κ2) is 9.14. The van der Waals surface area contributed by atoms with Crippen LogP contribution in [0.15, 0.2) is 71.2 Å². The molecule has 3 N–H and O–H groups in total. The van der Waals surface area contributed by atoms with Crippen molar-refractivity contribution in [1.29, 1.82) is 5.26 Å². The fourth-order valence-electron chi connectivity index (χ4n) is 3.60. The number of anilines is 1. The van der Waals surface area contributed by atoms with Crippen molar-refractivity contribution in [3.63, 3.8) is 0 Å². The van der Waals surface area contributed by atoms with E-state index in [2.05, 4.69) is 6.07 Å². The molecule has 3 rings (SSSR count). The van der Waals surface area contributed by atoms with Crippen molar-refractivity contribution in [3.05, 3.63) is 76.8 Å². The lowest BCUT2D eigenvalue weighted by molar-refractivity contribution is -0.139. The van der Waals surface area contributed by atoms with Crippen LogP contribution in [0.1, 0.15) is 11.5 Å². The molecule has 1 aliphatic rings. The van der Waals surface area contributed by atoms with Crippen LogP contribution in [0.3, 0.4) is 0 Å². The largest absolute Gasteiger partial charge is 0.504 e. The SMILES string of the molecule is COC(=O)C1=C(C(=O)OC)N(c2ccc(OC)c(O)c2)C(N)=C(C#N)C1c1ccccc1. The van der Waals surface area contributed by atoms with E-state index in [1.54, 1.807) is 30.3 Å². The number of allylic oxidation sites excluding steroid dienone is 1. The molecule has 0 fully saturated rings. The van der Waals surface area contributed by atoms with E-state index in [-0.39, 0.29) is 39.9 Å². The van der Waals surface area contributed by atoms with E-state index < -0.39 is 17.9 Å². The van der Waals surface area contributed by atoms with Crippen LogP contribution in [0.2, 0.25) is 0 Å². The van der Waals surface area contributed by atoms with Gasteiger partial charge in [-0.3, -0.25) is 4.90 Å². The second-order valence-electron chi connectivity index (χ2n) is 6.69. The van der Waals surface area contributed by atoms with E-state index in [1.807, 2.05) is 0 Å². The van der Waals surface area contributed by atoms with Gasteiger partial charge in [-0.05, 0) is 17.7 Å². The zero-order chi connectivity index (χ0) is 23.4. The fourth-order valence-corrected chi connectivity index (χ4v) is 3.60. The van der Waals surface area contributed by atoms with Gasteiger partial charge in [0.05, 0.1) is 50.2 Å². The molecule has 32 heavy (non-hydrogen) atoms. The van der Waals surface area contributed by atoms with Crippen LogP contribution in [0.5, 0.6) is 11.5 Å². The number of hydrogen-bond donors (Lipinski definition) is 2. The number of rotatable bonds is 5. The maximum absolute atomic E-state index is 12.9. The quantitative estimate of drug-likeness (QED) is 0.678. The van der Waals surface area contributed by atoms with E-state index in [0.717, 1.165) is 7.11 Å². The molecule has 9 heteroatoms. The van der Waals surface area contributed by atoms with Crippen molar-refractivity contribution in [2.45, 2.75) is 5.92 Å². The number of phenolic OH excluding ortho intramolecular Hbond substituents is 1. The maximum Gasteiger partial charge on any atom is 0.355 e. The number of carbonyl (C=O) groups excluding carboxylic acids is 2. The molecular formula is C23H21N3O6. The molecular weight excluding hydrogens is 414 g/mol. The van der Waals surface area contributed by atoms with Crippen molar-refractivity contribution < 1.29 is 28.9 Å². The summed E-state index contributed by atoms with van der Waals surface area (Å²) in [7, 11) is 3.71. The van der Waals surface area contributed by atoms with Gasteiger partial charge in [0.1, 0.15) is 11.5 Å². The molecule has 1 atom stereocenters. The topological polar surface area (TPSA) is 135 Å². The zero-order valence-corrected chi connectivity index (χ0v) is 17.7. The molecule has 0 radical (unpaired) electrons. The lowest BCUT2D eigenvalue weighted by atomic mass is 9.81. The molecule has 1 aliphatic heterocycles. The smallest absolute Gasteiger partial charge is 0.355 e. The number of benzene rings is 2. The first-order chi connectivity index (χ1) is 15.4. The Morgan fingerprint density at radius 2 is 1.72 bits per heavy atom. The summed E-state index contributed by atoms with van der Waals surface area (Å²) in [6.45, 7) is 0. The van der Waals surface area contributed by atoms with Crippen LogP contribution >= 0.6 is 0 Å². The molecule has 2 aromatic rings. The fraction of sp³-hybridized carbons (Fsp3) is 0.174.